The summed E-state index contributed by atoms with van der Waals surface area (Å²) in [5.41, 5.74) is 1.22. The van der Waals surface area contributed by atoms with Crippen LogP contribution in [-0.2, 0) is 4.74 Å². The predicted octanol–water partition coefficient (Wildman–Crippen LogP) is 4.00. The minimum Gasteiger partial charge on any atom is -0.465 e. The molecule has 1 aromatic carbocycles. The maximum Gasteiger partial charge on any atom is 0.339 e. The van der Waals surface area contributed by atoms with Crippen LogP contribution in [0.4, 0.5) is 5.69 Å². The molecule has 0 spiro atoms. The summed E-state index contributed by atoms with van der Waals surface area (Å²) in [6.45, 7) is 1.96. The first kappa shape index (κ1) is 13.7. The number of ether oxygens (including phenoxy) is 1. The molecule has 19 heavy (non-hydrogen) atoms. The van der Waals surface area contributed by atoms with Gasteiger partial charge < -0.3 is 14.5 Å². The van der Waals surface area contributed by atoms with E-state index in [1.807, 2.05) is 31.2 Å². The Morgan fingerprint density at radius 1 is 1.32 bits per heavy atom. The molecule has 0 bridgehead atoms. The van der Waals surface area contributed by atoms with E-state index in [9.17, 15) is 4.79 Å². The molecule has 0 fully saturated rings. The standard InChI is InChI=1S/C14H14BrNO3/c1-9(12-7-8-13(15)19-12)16-11-6-4-3-5-10(11)14(17)18-2/h3-9,16H,1-2H3. The van der Waals surface area contributed by atoms with E-state index in [0.717, 1.165) is 11.4 Å². The van der Waals surface area contributed by atoms with Crippen LogP contribution in [0.5, 0.6) is 0 Å². The molecule has 5 heteroatoms. The Kier molecular flexibility index (Phi) is 4.27. The Hall–Kier alpha value is -1.75. The first-order valence-electron chi connectivity index (χ1n) is 5.81. The zero-order valence-electron chi connectivity index (χ0n) is 10.6. The van der Waals surface area contributed by atoms with Crippen molar-refractivity contribution < 1.29 is 13.9 Å². The largest absolute Gasteiger partial charge is 0.465 e. The number of para-hydroxylation sites is 1. The van der Waals surface area contributed by atoms with Crippen molar-refractivity contribution in [1.29, 1.82) is 0 Å². The summed E-state index contributed by atoms with van der Waals surface area (Å²) in [5.74, 6) is 0.419. The Labute approximate surface area is 119 Å². The lowest BCUT2D eigenvalue weighted by atomic mass is 10.1. The second-order valence-corrected chi connectivity index (χ2v) is 4.83. The molecular weight excluding hydrogens is 310 g/mol. The number of benzene rings is 1. The van der Waals surface area contributed by atoms with E-state index in [1.54, 1.807) is 12.1 Å². The molecule has 0 aliphatic rings. The van der Waals surface area contributed by atoms with Crippen LogP contribution in [-0.4, -0.2) is 13.1 Å². The first-order valence-corrected chi connectivity index (χ1v) is 6.60. The fraction of sp³-hybridized carbons (Fsp3) is 0.214. The van der Waals surface area contributed by atoms with Gasteiger partial charge in [0.25, 0.3) is 0 Å². The first-order chi connectivity index (χ1) is 9.11. The number of nitrogens with one attached hydrogen (secondary N) is 1. The Balaban J connectivity index is 2.21. The number of carbonyl (C=O) groups is 1. The van der Waals surface area contributed by atoms with Crippen LogP contribution in [0.3, 0.4) is 0 Å². The van der Waals surface area contributed by atoms with E-state index in [0.29, 0.717) is 10.2 Å². The lowest BCUT2D eigenvalue weighted by Gasteiger charge is -2.15. The number of methoxy groups -OCH3 is 1. The van der Waals surface area contributed by atoms with Gasteiger partial charge in [-0.2, -0.15) is 0 Å². The van der Waals surface area contributed by atoms with Crippen LogP contribution in [0.2, 0.25) is 0 Å². The Morgan fingerprint density at radius 3 is 2.68 bits per heavy atom. The molecule has 0 radical (unpaired) electrons. The number of furan rings is 1. The van der Waals surface area contributed by atoms with Crippen LogP contribution < -0.4 is 5.32 Å². The topological polar surface area (TPSA) is 51.5 Å². The van der Waals surface area contributed by atoms with Gasteiger partial charge in [0.05, 0.1) is 18.7 Å². The molecule has 1 atom stereocenters. The lowest BCUT2D eigenvalue weighted by molar-refractivity contribution is 0.0602. The van der Waals surface area contributed by atoms with Gasteiger partial charge in [-0.25, -0.2) is 4.79 Å². The maximum absolute atomic E-state index is 11.7. The van der Waals surface area contributed by atoms with E-state index in [-0.39, 0.29) is 12.0 Å². The molecule has 100 valence electrons. The molecule has 2 rings (SSSR count). The third kappa shape index (κ3) is 3.17. The third-order valence-electron chi connectivity index (χ3n) is 2.73. The summed E-state index contributed by atoms with van der Waals surface area (Å²) in [7, 11) is 1.37. The van der Waals surface area contributed by atoms with Crippen molar-refractivity contribution in [3.05, 3.63) is 52.4 Å². The normalized spacial score (nSPS) is 11.9. The minimum atomic E-state index is -0.365. The average Bonchev–Trinajstić information content (AvgIpc) is 2.85. The van der Waals surface area contributed by atoms with E-state index in [4.69, 9.17) is 9.15 Å². The molecule has 0 amide bonds. The quantitative estimate of drug-likeness (QED) is 0.864. The summed E-state index contributed by atoms with van der Waals surface area (Å²) < 4.78 is 10.9. The number of carbonyl (C=O) groups excluding carboxylic acids is 1. The highest BCUT2D eigenvalue weighted by Gasteiger charge is 2.15. The molecular formula is C14H14BrNO3. The molecule has 4 nitrogen and oxygen atoms in total. The Bertz CT molecular complexity index is 580. The molecule has 0 aliphatic heterocycles. The van der Waals surface area contributed by atoms with Gasteiger partial charge in [-0.05, 0) is 47.1 Å². The van der Waals surface area contributed by atoms with Gasteiger partial charge in [-0.15, -0.1) is 0 Å². The Morgan fingerprint density at radius 2 is 2.05 bits per heavy atom. The van der Waals surface area contributed by atoms with Crippen molar-refractivity contribution in [2.45, 2.75) is 13.0 Å². The fourth-order valence-corrected chi connectivity index (χ4v) is 2.08. The second-order valence-electron chi connectivity index (χ2n) is 4.05. The van der Waals surface area contributed by atoms with Crippen molar-refractivity contribution >= 4 is 27.6 Å². The van der Waals surface area contributed by atoms with Gasteiger partial charge in [-0.3, -0.25) is 0 Å². The van der Waals surface area contributed by atoms with E-state index >= 15 is 0 Å². The third-order valence-corrected chi connectivity index (χ3v) is 3.15. The fourth-order valence-electron chi connectivity index (χ4n) is 1.76. The van der Waals surface area contributed by atoms with E-state index in [2.05, 4.69) is 21.2 Å². The highest BCUT2D eigenvalue weighted by atomic mass is 79.9. The minimum absolute atomic E-state index is 0.0582. The van der Waals surface area contributed by atoms with Gasteiger partial charge in [-0.1, -0.05) is 12.1 Å². The lowest BCUT2D eigenvalue weighted by Crippen LogP contribution is -2.11. The van der Waals surface area contributed by atoms with Crippen LogP contribution in [0.25, 0.3) is 0 Å². The molecule has 2 aromatic rings. The molecule has 0 aliphatic carbocycles. The number of esters is 1. The zero-order chi connectivity index (χ0) is 13.8. The van der Waals surface area contributed by atoms with Gasteiger partial charge in [0.2, 0.25) is 0 Å². The van der Waals surface area contributed by atoms with Crippen LogP contribution in [0.1, 0.15) is 29.1 Å². The molecule has 1 heterocycles. The molecule has 1 aromatic heterocycles. The highest BCUT2D eigenvalue weighted by Crippen LogP contribution is 2.25. The molecule has 1 N–H and O–H groups in total. The zero-order valence-corrected chi connectivity index (χ0v) is 12.2. The highest BCUT2D eigenvalue weighted by molar-refractivity contribution is 9.10. The second kappa shape index (κ2) is 5.93. The van der Waals surface area contributed by atoms with Crippen molar-refractivity contribution in [2.24, 2.45) is 0 Å². The van der Waals surface area contributed by atoms with Crippen LogP contribution >= 0.6 is 15.9 Å². The maximum atomic E-state index is 11.7. The van der Waals surface area contributed by atoms with Crippen molar-refractivity contribution in [3.63, 3.8) is 0 Å². The number of halogens is 1. The van der Waals surface area contributed by atoms with Gasteiger partial charge in [0.1, 0.15) is 5.76 Å². The molecule has 0 saturated carbocycles. The molecule has 0 saturated heterocycles. The van der Waals surface area contributed by atoms with Crippen molar-refractivity contribution in [1.82, 2.24) is 0 Å². The number of anilines is 1. The average molecular weight is 324 g/mol. The predicted molar refractivity (Wildman–Crippen MR) is 76.2 cm³/mol. The SMILES string of the molecule is COC(=O)c1ccccc1NC(C)c1ccc(Br)o1. The number of hydrogen-bond acceptors (Lipinski definition) is 4. The number of hydrogen-bond donors (Lipinski definition) is 1. The van der Waals surface area contributed by atoms with E-state index < -0.39 is 0 Å². The van der Waals surface area contributed by atoms with E-state index in [1.165, 1.54) is 7.11 Å². The van der Waals surface area contributed by atoms with Crippen molar-refractivity contribution in [2.75, 3.05) is 12.4 Å². The van der Waals surface area contributed by atoms with Gasteiger partial charge >= 0.3 is 5.97 Å². The number of rotatable bonds is 4. The smallest absolute Gasteiger partial charge is 0.339 e. The summed E-state index contributed by atoms with van der Waals surface area (Å²) >= 11 is 3.27. The van der Waals surface area contributed by atoms with Gasteiger partial charge in [0.15, 0.2) is 4.67 Å². The van der Waals surface area contributed by atoms with Crippen LogP contribution in [0, 0.1) is 0 Å². The summed E-state index contributed by atoms with van der Waals surface area (Å²) in [6, 6.07) is 10.9. The van der Waals surface area contributed by atoms with Crippen molar-refractivity contribution in [3.8, 4) is 0 Å². The summed E-state index contributed by atoms with van der Waals surface area (Å²) in [4.78, 5) is 11.7. The monoisotopic (exact) mass is 323 g/mol. The van der Waals surface area contributed by atoms with Crippen LogP contribution in [0.15, 0.2) is 45.5 Å². The summed E-state index contributed by atoms with van der Waals surface area (Å²) in [6.07, 6.45) is 0. The van der Waals surface area contributed by atoms with Gasteiger partial charge in [0, 0.05) is 5.69 Å². The molecule has 1 unspecified atom stereocenters. The summed E-state index contributed by atoms with van der Waals surface area (Å²) in [5, 5.41) is 3.24.